The third-order valence-electron chi connectivity index (χ3n) is 3.87. The molecule has 1 aliphatic rings. The fraction of sp³-hybridized carbons (Fsp3) is 0.375. The molecule has 5 nitrogen and oxygen atoms in total. The maximum atomic E-state index is 12.2. The molecule has 2 aromatic rings. The van der Waals surface area contributed by atoms with E-state index >= 15 is 0 Å². The van der Waals surface area contributed by atoms with Crippen LogP contribution in [0, 0.1) is 0 Å². The minimum absolute atomic E-state index is 0.0333. The van der Waals surface area contributed by atoms with Crippen molar-refractivity contribution in [2.24, 2.45) is 0 Å². The Morgan fingerprint density at radius 1 is 1.33 bits per heavy atom. The van der Waals surface area contributed by atoms with Gasteiger partial charge in [0.1, 0.15) is 0 Å². The second-order valence-electron chi connectivity index (χ2n) is 5.68. The van der Waals surface area contributed by atoms with Crippen LogP contribution in [0.3, 0.4) is 0 Å². The summed E-state index contributed by atoms with van der Waals surface area (Å²) in [5.41, 5.74) is 4.01. The molecule has 0 saturated heterocycles. The first kappa shape index (κ1) is 13.8. The van der Waals surface area contributed by atoms with E-state index in [0.717, 1.165) is 37.3 Å². The quantitative estimate of drug-likeness (QED) is 0.933. The second kappa shape index (κ2) is 5.69. The second-order valence-corrected chi connectivity index (χ2v) is 5.68. The molecule has 0 atom stereocenters. The third-order valence-corrected chi connectivity index (χ3v) is 3.87. The fourth-order valence-electron chi connectivity index (χ4n) is 2.72. The van der Waals surface area contributed by atoms with Gasteiger partial charge in [-0.25, -0.2) is 0 Å². The van der Waals surface area contributed by atoms with E-state index < -0.39 is 0 Å². The number of benzene rings is 1. The average molecular weight is 284 g/mol. The van der Waals surface area contributed by atoms with Crippen molar-refractivity contribution in [3.8, 4) is 0 Å². The van der Waals surface area contributed by atoms with Gasteiger partial charge < -0.3 is 4.90 Å². The molecule has 1 aromatic heterocycles. The summed E-state index contributed by atoms with van der Waals surface area (Å²) in [7, 11) is 3.52. The molecule has 0 saturated carbocycles. The summed E-state index contributed by atoms with van der Waals surface area (Å²) in [5, 5.41) is 7.24. The van der Waals surface area contributed by atoms with Crippen molar-refractivity contribution in [3.05, 3.63) is 52.8 Å². The lowest BCUT2D eigenvalue weighted by molar-refractivity contribution is 0.0819. The maximum Gasteiger partial charge on any atom is 0.274 e. The van der Waals surface area contributed by atoms with Gasteiger partial charge in [0.05, 0.1) is 0 Å². The van der Waals surface area contributed by atoms with Gasteiger partial charge in [0.15, 0.2) is 5.69 Å². The molecular weight excluding hydrogens is 264 g/mol. The lowest BCUT2D eigenvalue weighted by Crippen LogP contribution is -2.31. The molecule has 21 heavy (non-hydrogen) atoms. The summed E-state index contributed by atoms with van der Waals surface area (Å²) in [6.07, 6.45) is 0.913. The number of amides is 1. The lowest BCUT2D eigenvalue weighted by Gasteiger charge is -2.27. The molecule has 0 fully saturated rings. The van der Waals surface area contributed by atoms with Crippen molar-refractivity contribution in [1.29, 1.82) is 0 Å². The van der Waals surface area contributed by atoms with E-state index in [1.54, 1.807) is 19.0 Å². The molecule has 2 heterocycles. The summed E-state index contributed by atoms with van der Waals surface area (Å²) >= 11 is 0. The topological polar surface area (TPSA) is 52.2 Å². The Morgan fingerprint density at radius 3 is 2.81 bits per heavy atom. The van der Waals surface area contributed by atoms with Crippen molar-refractivity contribution in [2.75, 3.05) is 20.6 Å². The first-order chi connectivity index (χ1) is 10.1. The Balaban J connectivity index is 1.78. The van der Waals surface area contributed by atoms with Crippen LogP contribution in [0.15, 0.2) is 30.3 Å². The molecule has 110 valence electrons. The van der Waals surface area contributed by atoms with Crippen molar-refractivity contribution in [2.45, 2.75) is 19.5 Å². The van der Waals surface area contributed by atoms with Crippen molar-refractivity contribution in [1.82, 2.24) is 20.0 Å². The number of hydrogen-bond donors (Lipinski definition) is 1. The highest BCUT2D eigenvalue weighted by atomic mass is 16.2. The van der Waals surface area contributed by atoms with Crippen LogP contribution < -0.4 is 0 Å². The van der Waals surface area contributed by atoms with Gasteiger partial charge in [-0.2, -0.15) is 5.10 Å². The standard InChI is InChI=1S/C16H20N4O/c1-19(2)16(21)15-13-11-20(9-8-14(13)17-18-15)10-12-6-4-3-5-7-12/h3-7H,8-11H2,1-2H3,(H,17,18). The van der Waals surface area contributed by atoms with Crippen LogP contribution in [-0.4, -0.2) is 46.5 Å². The van der Waals surface area contributed by atoms with Gasteiger partial charge in [0, 0.05) is 51.4 Å². The van der Waals surface area contributed by atoms with E-state index in [0.29, 0.717) is 5.69 Å². The van der Waals surface area contributed by atoms with Crippen molar-refractivity contribution >= 4 is 5.91 Å². The predicted octanol–water partition coefficient (Wildman–Crippen LogP) is 1.67. The molecule has 0 radical (unpaired) electrons. The Bertz CT molecular complexity index is 633. The maximum absolute atomic E-state index is 12.2. The highest BCUT2D eigenvalue weighted by Crippen LogP contribution is 2.22. The number of carbonyl (C=O) groups excluding carboxylic acids is 1. The number of carbonyl (C=O) groups is 1. The van der Waals surface area contributed by atoms with Crippen LogP contribution in [0.4, 0.5) is 0 Å². The summed E-state index contributed by atoms with van der Waals surface area (Å²) in [6.45, 7) is 2.66. The van der Waals surface area contributed by atoms with Gasteiger partial charge in [0.2, 0.25) is 0 Å². The first-order valence-electron chi connectivity index (χ1n) is 7.19. The van der Waals surface area contributed by atoms with Crippen LogP contribution in [0.25, 0.3) is 0 Å². The van der Waals surface area contributed by atoms with Crippen LogP contribution >= 0.6 is 0 Å². The highest BCUT2D eigenvalue weighted by Gasteiger charge is 2.26. The van der Waals surface area contributed by atoms with Crippen LogP contribution in [0.2, 0.25) is 0 Å². The molecule has 3 rings (SSSR count). The fourth-order valence-corrected chi connectivity index (χ4v) is 2.72. The molecule has 1 aromatic carbocycles. The summed E-state index contributed by atoms with van der Waals surface area (Å²) in [6, 6.07) is 10.4. The molecule has 0 bridgehead atoms. The molecule has 0 spiro atoms. The van der Waals surface area contributed by atoms with E-state index in [9.17, 15) is 4.79 Å². The molecule has 0 unspecified atom stereocenters. The van der Waals surface area contributed by atoms with Gasteiger partial charge in [-0.1, -0.05) is 30.3 Å². The molecule has 0 aliphatic carbocycles. The molecule has 1 aliphatic heterocycles. The average Bonchev–Trinajstić information content (AvgIpc) is 2.90. The summed E-state index contributed by atoms with van der Waals surface area (Å²) in [5.74, 6) is -0.0333. The van der Waals surface area contributed by atoms with E-state index in [-0.39, 0.29) is 5.91 Å². The van der Waals surface area contributed by atoms with Crippen LogP contribution in [0.5, 0.6) is 0 Å². The Labute approximate surface area is 124 Å². The normalized spacial score (nSPS) is 14.8. The Kier molecular flexibility index (Phi) is 3.75. The van der Waals surface area contributed by atoms with Gasteiger partial charge in [-0.3, -0.25) is 14.8 Å². The zero-order valence-electron chi connectivity index (χ0n) is 12.5. The minimum Gasteiger partial charge on any atom is -0.343 e. The highest BCUT2D eigenvalue weighted by molar-refractivity contribution is 5.93. The van der Waals surface area contributed by atoms with Crippen LogP contribution in [-0.2, 0) is 19.5 Å². The SMILES string of the molecule is CN(C)C(=O)c1n[nH]c2c1CN(Cc1ccccc1)CC2. The monoisotopic (exact) mass is 284 g/mol. The number of hydrogen-bond acceptors (Lipinski definition) is 3. The first-order valence-corrected chi connectivity index (χ1v) is 7.19. The van der Waals surface area contributed by atoms with Crippen LogP contribution in [0.1, 0.15) is 27.3 Å². The van der Waals surface area contributed by atoms with Gasteiger partial charge in [-0.15, -0.1) is 0 Å². The number of aromatic amines is 1. The number of fused-ring (bicyclic) bond motifs is 1. The largest absolute Gasteiger partial charge is 0.343 e. The van der Waals surface area contributed by atoms with Gasteiger partial charge in [-0.05, 0) is 5.56 Å². The van der Waals surface area contributed by atoms with E-state index in [4.69, 9.17) is 0 Å². The van der Waals surface area contributed by atoms with E-state index in [1.807, 2.05) is 6.07 Å². The minimum atomic E-state index is -0.0333. The number of H-pyrrole nitrogens is 1. The molecule has 5 heteroatoms. The number of aromatic nitrogens is 2. The summed E-state index contributed by atoms with van der Waals surface area (Å²) in [4.78, 5) is 16.1. The lowest BCUT2D eigenvalue weighted by atomic mass is 10.0. The number of nitrogens with zero attached hydrogens (tertiary/aromatic N) is 3. The van der Waals surface area contributed by atoms with Gasteiger partial charge >= 0.3 is 0 Å². The van der Waals surface area contributed by atoms with Crippen molar-refractivity contribution in [3.63, 3.8) is 0 Å². The zero-order chi connectivity index (χ0) is 14.8. The molecular formula is C16H20N4O. The van der Waals surface area contributed by atoms with E-state index in [2.05, 4.69) is 39.4 Å². The molecule has 1 N–H and O–H groups in total. The smallest absolute Gasteiger partial charge is 0.274 e. The Hall–Kier alpha value is -2.14. The number of nitrogens with one attached hydrogen (secondary N) is 1. The van der Waals surface area contributed by atoms with Crippen molar-refractivity contribution < 1.29 is 4.79 Å². The van der Waals surface area contributed by atoms with Gasteiger partial charge in [0.25, 0.3) is 5.91 Å². The third kappa shape index (κ3) is 2.83. The zero-order valence-corrected chi connectivity index (χ0v) is 12.5. The summed E-state index contributed by atoms with van der Waals surface area (Å²) < 4.78 is 0. The Morgan fingerprint density at radius 2 is 2.10 bits per heavy atom. The van der Waals surface area contributed by atoms with E-state index in [1.165, 1.54) is 5.56 Å². The predicted molar refractivity (Wildman–Crippen MR) is 80.9 cm³/mol. The number of rotatable bonds is 3. The molecule has 1 amide bonds.